The van der Waals surface area contributed by atoms with Crippen molar-refractivity contribution in [3.63, 3.8) is 0 Å². The molecule has 0 fully saturated rings. The van der Waals surface area contributed by atoms with E-state index in [9.17, 15) is 9.59 Å². The van der Waals surface area contributed by atoms with Crippen molar-refractivity contribution in [2.75, 3.05) is 6.61 Å². The number of nitrogens with zero attached hydrogens (tertiary/aromatic N) is 2. The molecule has 5 nitrogen and oxygen atoms in total. The highest BCUT2D eigenvalue weighted by Crippen LogP contribution is 1.93. The van der Waals surface area contributed by atoms with Crippen molar-refractivity contribution in [1.82, 2.24) is 9.13 Å². The molecule has 0 bridgehead atoms. The maximum absolute atomic E-state index is 11.5. The van der Waals surface area contributed by atoms with Crippen molar-refractivity contribution in [2.24, 2.45) is 7.05 Å². The molecule has 0 spiro atoms. The summed E-state index contributed by atoms with van der Waals surface area (Å²) in [6.45, 7) is 0.236. The number of aromatic nitrogens is 2. The van der Waals surface area contributed by atoms with E-state index in [0.29, 0.717) is 9.99 Å². The Labute approximate surface area is 94.1 Å². The molecule has 1 rings (SSSR count). The largest absolute Gasteiger partial charge is 0.396 e. The average molecular weight is 310 g/mol. The third kappa shape index (κ3) is 2.24. The van der Waals surface area contributed by atoms with Crippen LogP contribution in [0.2, 0.25) is 0 Å². The normalized spacial score (nSPS) is 10.5. The summed E-state index contributed by atoms with van der Waals surface area (Å²) < 4.78 is 3.00. The molecular weight excluding hydrogens is 299 g/mol. The van der Waals surface area contributed by atoms with E-state index in [4.69, 9.17) is 5.11 Å². The van der Waals surface area contributed by atoms with E-state index in [1.54, 1.807) is 7.05 Å². The van der Waals surface area contributed by atoms with Crippen LogP contribution in [-0.2, 0) is 13.6 Å². The highest BCUT2D eigenvalue weighted by Gasteiger charge is 2.06. The molecule has 0 saturated heterocycles. The molecule has 6 heteroatoms. The van der Waals surface area contributed by atoms with Gasteiger partial charge in [0.15, 0.2) is 0 Å². The maximum Gasteiger partial charge on any atom is 0.330 e. The standard InChI is InChI=1S/C8H11IN2O3/c1-10-5-6(9)7(13)11(8(10)14)3-2-4-12/h5,12H,2-4H2,1H3. The lowest BCUT2D eigenvalue weighted by Crippen LogP contribution is -2.40. The predicted octanol–water partition coefficient (Wildman–Crippen LogP) is -0.466. The molecule has 0 aliphatic carbocycles. The summed E-state index contributed by atoms with van der Waals surface area (Å²) in [5.74, 6) is 0. The molecule has 78 valence electrons. The monoisotopic (exact) mass is 310 g/mol. The molecule has 14 heavy (non-hydrogen) atoms. The lowest BCUT2D eigenvalue weighted by Gasteiger charge is -2.06. The summed E-state index contributed by atoms with van der Waals surface area (Å²) in [5, 5.41) is 8.62. The van der Waals surface area contributed by atoms with Crippen LogP contribution in [0, 0.1) is 3.57 Å². The first kappa shape index (κ1) is 11.4. The predicted molar refractivity (Wildman–Crippen MR) is 60.4 cm³/mol. The van der Waals surface area contributed by atoms with Crippen LogP contribution in [0.3, 0.4) is 0 Å². The fourth-order valence-corrected chi connectivity index (χ4v) is 1.82. The highest BCUT2D eigenvalue weighted by molar-refractivity contribution is 14.1. The van der Waals surface area contributed by atoms with Gasteiger partial charge >= 0.3 is 5.69 Å². The summed E-state index contributed by atoms with van der Waals surface area (Å²) >= 11 is 1.89. The molecule has 0 aromatic carbocycles. The molecule has 0 amide bonds. The van der Waals surface area contributed by atoms with Gasteiger partial charge in [0.25, 0.3) is 5.56 Å². The summed E-state index contributed by atoms with van der Waals surface area (Å²) in [6, 6.07) is 0. The minimum Gasteiger partial charge on any atom is -0.396 e. The number of aliphatic hydroxyl groups excluding tert-OH is 1. The van der Waals surface area contributed by atoms with E-state index in [0.717, 1.165) is 4.57 Å². The van der Waals surface area contributed by atoms with Gasteiger partial charge in [-0.2, -0.15) is 0 Å². The smallest absolute Gasteiger partial charge is 0.330 e. The third-order valence-electron chi connectivity index (χ3n) is 1.83. The van der Waals surface area contributed by atoms with E-state index in [1.807, 2.05) is 22.6 Å². The number of rotatable bonds is 3. The van der Waals surface area contributed by atoms with Gasteiger partial charge in [-0.25, -0.2) is 4.79 Å². The van der Waals surface area contributed by atoms with E-state index >= 15 is 0 Å². The number of hydrogen-bond donors (Lipinski definition) is 1. The lowest BCUT2D eigenvalue weighted by molar-refractivity contribution is 0.277. The minimum absolute atomic E-state index is 0.0267. The lowest BCUT2D eigenvalue weighted by atomic mass is 10.4. The van der Waals surface area contributed by atoms with Crippen molar-refractivity contribution < 1.29 is 5.11 Å². The van der Waals surface area contributed by atoms with Crippen LogP contribution in [0.4, 0.5) is 0 Å². The number of aliphatic hydroxyl groups is 1. The van der Waals surface area contributed by atoms with Crippen LogP contribution in [-0.4, -0.2) is 20.8 Å². The van der Waals surface area contributed by atoms with Crippen LogP contribution < -0.4 is 11.2 Å². The summed E-state index contributed by atoms with van der Waals surface area (Å²) in [4.78, 5) is 23.0. The van der Waals surface area contributed by atoms with E-state index in [1.165, 1.54) is 10.8 Å². The van der Waals surface area contributed by atoms with Gasteiger partial charge in [0.1, 0.15) is 0 Å². The Kier molecular flexibility index (Phi) is 3.87. The third-order valence-corrected chi connectivity index (χ3v) is 2.57. The fourth-order valence-electron chi connectivity index (χ4n) is 1.11. The van der Waals surface area contributed by atoms with Gasteiger partial charge < -0.3 is 9.67 Å². The van der Waals surface area contributed by atoms with Gasteiger partial charge in [-0.1, -0.05) is 0 Å². The SMILES string of the molecule is Cn1cc(I)c(=O)n(CCCO)c1=O. The van der Waals surface area contributed by atoms with E-state index in [-0.39, 0.29) is 24.4 Å². The number of aryl methyl sites for hydroxylation is 1. The van der Waals surface area contributed by atoms with Crippen LogP contribution >= 0.6 is 22.6 Å². The van der Waals surface area contributed by atoms with Gasteiger partial charge in [-0.05, 0) is 29.0 Å². The first-order valence-corrected chi connectivity index (χ1v) is 5.22. The van der Waals surface area contributed by atoms with Crippen LogP contribution in [0.1, 0.15) is 6.42 Å². The Balaban J connectivity index is 3.26. The molecule has 0 saturated carbocycles. The zero-order valence-electron chi connectivity index (χ0n) is 7.73. The Hall–Kier alpha value is -0.630. The summed E-state index contributed by atoms with van der Waals surface area (Å²) in [7, 11) is 1.60. The van der Waals surface area contributed by atoms with Crippen LogP contribution in [0.25, 0.3) is 0 Å². The molecule has 0 unspecified atom stereocenters. The van der Waals surface area contributed by atoms with Crippen molar-refractivity contribution in [2.45, 2.75) is 13.0 Å². The molecule has 0 radical (unpaired) electrons. The first-order valence-electron chi connectivity index (χ1n) is 4.14. The Morgan fingerprint density at radius 1 is 1.50 bits per heavy atom. The molecule has 1 N–H and O–H groups in total. The van der Waals surface area contributed by atoms with Gasteiger partial charge in [-0.15, -0.1) is 0 Å². The van der Waals surface area contributed by atoms with Crippen molar-refractivity contribution in [1.29, 1.82) is 0 Å². The summed E-state index contributed by atoms with van der Waals surface area (Å²) in [6.07, 6.45) is 1.91. The molecular formula is C8H11IN2O3. The molecule has 0 aliphatic heterocycles. The second-order valence-corrected chi connectivity index (χ2v) is 4.07. The Bertz CT molecular complexity index is 401. The first-order chi connectivity index (χ1) is 6.57. The molecule has 1 heterocycles. The second-order valence-electron chi connectivity index (χ2n) is 2.90. The van der Waals surface area contributed by atoms with Gasteiger partial charge in [0.2, 0.25) is 0 Å². The summed E-state index contributed by atoms with van der Waals surface area (Å²) in [5.41, 5.74) is -0.633. The average Bonchev–Trinajstić information content (AvgIpc) is 2.15. The van der Waals surface area contributed by atoms with Crippen molar-refractivity contribution in [3.8, 4) is 0 Å². The number of halogens is 1. The molecule has 0 aliphatic rings. The van der Waals surface area contributed by atoms with Gasteiger partial charge in [-0.3, -0.25) is 9.36 Å². The van der Waals surface area contributed by atoms with Crippen molar-refractivity contribution >= 4 is 22.6 Å². The Morgan fingerprint density at radius 3 is 2.71 bits per heavy atom. The second kappa shape index (κ2) is 4.74. The van der Waals surface area contributed by atoms with Gasteiger partial charge in [0, 0.05) is 26.4 Å². The van der Waals surface area contributed by atoms with Crippen LogP contribution in [0.5, 0.6) is 0 Å². The van der Waals surface area contributed by atoms with E-state index < -0.39 is 0 Å². The highest BCUT2D eigenvalue weighted by atomic mass is 127. The molecule has 1 aromatic rings. The quantitative estimate of drug-likeness (QED) is 0.768. The fraction of sp³-hybridized carbons (Fsp3) is 0.500. The minimum atomic E-state index is -0.344. The molecule has 0 atom stereocenters. The van der Waals surface area contributed by atoms with Crippen molar-refractivity contribution in [3.05, 3.63) is 30.6 Å². The molecule has 1 aromatic heterocycles. The maximum atomic E-state index is 11.5. The Morgan fingerprint density at radius 2 is 2.14 bits per heavy atom. The van der Waals surface area contributed by atoms with Gasteiger partial charge in [0.05, 0.1) is 3.57 Å². The zero-order chi connectivity index (χ0) is 10.7. The van der Waals surface area contributed by atoms with Crippen LogP contribution in [0.15, 0.2) is 15.8 Å². The van der Waals surface area contributed by atoms with E-state index in [2.05, 4.69) is 0 Å². The zero-order valence-corrected chi connectivity index (χ0v) is 9.89. The number of hydrogen-bond acceptors (Lipinski definition) is 3. The topological polar surface area (TPSA) is 64.2 Å².